The number of nitrogens with zero attached hydrogens (tertiary/aromatic N) is 1. The number of benzene rings is 3. The Morgan fingerprint density at radius 3 is 2.73 bits per heavy atom. The average Bonchev–Trinajstić information content (AvgIpc) is 3.39. The van der Waals surface area contributed by atoms with Crippen molar-refractivity contribution in [1.82, 2.24) is 10.2 Å². The summed E-state index contributed by atoms with van der Waals surface area (Å²) in [5.74, 6) is -0.324. The summed E-state index contributed by atoms with van der Waals surface area (Å²) in [6.45, 7) is 0. The lowest BCUT2D eigenvalue weighted by atomic mass is 10.0. The zero-order valence-corrected chi connectivity index (χ0v) is 16.6. The van der Waals surface area contributed by atoms with Gasteiger partial charge in [-0.25, -0.2) is 0 Å². The summed E-state index contributed by atoms with van der Waals surface area (Å²) in [5.41, 5.74) is 9.88. The van der Waals surface area contributed by atoms with E-state index in [1.165, 1.54) is 6.21 Å². The van der Waals surface area contributed by atoms with Gasteiger partial charge < -0.3 is 16.5 Å². The fourth-order valence-electron chi connectivity index (χ4n) is 3.51. The van der Waals surface area contributed by atoms with Crippen LogP contribution < -0.4 is 11.1 Å². The van der Waals surface area contributed by atoms with Crippen LogP contribution >= 0.6 is 11.3 Å². The van der Waals surface area contributed by atoms with Gasteiger partial charge in [0.1, 0.15) is 0 Å². The Labute approximate surface area is 175 Å². The molecule has 0 saturated heterocycles. The van der Waals surface area contributed by atoms with Crippen molar-refractivity contribution in [2.75, 3.05) is 11.1 Å². The number of anilines is 2. The van der Waals surface area contributed by atoms with E-state index in [0.717, 1.165) is 31.4 Å². The van der Waals surface area contributed by atoms with Crippen LogP contribution in [0.1, 0.15) is 16.1 Å². The summed E-state index contributed by atoms with van der Waals surface area (Å²) in [7, 11) is 0. The molecule has 0 aliphatic heterocycles. The zero-order valence-electron chi connectivity index (χ0n) is 15.8. The van der Waals surface area contributed by atoms with E-state index in [0.29, 0.717) is 22.6 Å². The first-order valence-corrected chi connectivity index (χ1v) is 10.1. The number of para-hydroxylation sites is 1. The lowest BCUT2D eigenvalue weighted by molar-refractivity contribution is 0.102. The molecule has 5 N–H and O–H groups in total. The number of amides is 1. The van der Waals surface area contributed by atoms with Gasteiger partial charge in [-0.05, 0) is 35.7 Å². The third-order valence-corrected chi connectivity index (χ3v) is 6.15. The number of H-pyrrole nitrogens is 1. The van der Waals surface area contributed by atoms with Crippen molar-refractivity contribution in [1.29, 1.82) is 5.41 Å². The van der Waals surface area contributed by atoms with Crippen LogP contribution in [0.5, 0.6) is 0 Å². The molecule has 0 aliphatic carbocycles. The van der Waals surface area contributed by atoms with Gasteiger partial charge in [0.05, 0.1) is 5.52 Å². The van der Waals surface area contributed by atoms with Crippen LogP contribution in [0.3, 0.4) is 0 Å². The molecule has 7 heteroatoms. The van der Waals surface area contributed by atoms with Gasteiger partial charge in [0.15, 0.2) is 5.69 Å². The smallest absolute Gasteiger partial charge is 0.276 e. The third-order valence-electron chi connectivity index (χ3n) is 5.00. The maximum absolute atomic E-state index is 12.9. The number of hydrogen-bond donors (Lipinski definition) is 4. The molecule has 0 unspecified atom stereocenters. The summed E-state index contributed by atoms with van der Waals surface area (Å²) in [6, 6.07) is 21.2. The molecule has 2 heterocycles. The van der Waals surface area contributed by atoms with Crippen molar-refractivity contribution in [2.24, 2.45) is 0 Å². The highest BCUT2D eigenvalue weighted by Crippen LogP contribution is 2.39. The predicted octanol–water partition coefficient (Wildman–Crippen LogP) is 5.28. The number of carbonyl (C=O) groups is 1. The highest BCUT2D eigenvalue weighted by atomic mass is 32.1. The van der Waals surface area contributed by atoms with Crippen LogP contribution in [0.2, 0.25) is 0 Å². The summed E-state index contributed by atoms with van der Waals surface area (Å²) < 4.78 is 1.15. The van der Waals surface area contributed by atoms with Crippen LogP contribution in [0.15, 0.2) is 66.7 Å². The van der Waals surface area contributed by atoms with Crippen molar-refractivity contribution in [3.63, 3.8) is 0 Å². The second kappa shape index (κ2) is 7.13. The molecule has 2 aromatic heterocycles. The second-order valence-corrected chi connectivity index (χ2v) is 7.98. The Morgan fingerprint density at radius 1 is 1.10 bits per heavy atom. The topological polar surface area (TPSA) is 108 Å². The fourth-order valence-corrected chi connectivity index (χ4v) is 4.61. The Morgan fingerprint density at radius 2 is 1.90 bits per heavy atom. The van der Waals surface area contributed by atoms with E-state index < -0.39 is 0 Å². The number of nitrogens with one attached hydrogen (secondary N) is 3. The number of hydrogen-bond acceptors (Lipinski definition) is 5. The summed E-state index contributed by atoms with van der Waals surface area (Å²) in [6.07, 6.45) is 1.20. The van der Waals surface area contributed by atoms with E-state index >= 15 is 0 Å². The first-order chi connectivity index (χ1) is 14.6. The first-order valence-electron chi connectivity index (χ1n) is 9.31. The molecule has 0 saturated carbocycles. The normalized spacial score (nSPS) is 11.1. The molecule has 0 atom stereocenters. The van der Waals surface area contributed by atoms with Crippen molar-refractivity contribution >= 4 is 55.8 Å². The Bertz CT molecular complexity index is 1400. The number of aromatic nitrogens is 2. The van der Waals surface area contributed by atoms with Gasteiger partial charge in [0, 0.05) is 43.7 Å². The lowest BCUT2D eigenvalue weighted by Crippen LogP contribution is -2.13. The maximum Gasteiger partial charge on any atom is 0.276 e. The van der Waals surface area contributed by atoms with Crippen LogP contribution in [-0.2, 0) is 0 Å². The number of aromatic amines is 1. The number of fused-ring (bicyclic) bond motifs is 2. The fraction of sp³-hybridized carbons (Fsp3) is 0. The van der Waals surface area contributed by atoms with Crippen molar-refractivity contribution in [3.8, 4) is 10.4 Å². The van der Waals surface area contributed by atoms with Crippen molar-refractivity contribution in [3.05, 3.63) is 78.0 Å². The standard InChI is InChI=1S/C23H17N5OS/c24-12-14-9-15(26-23(29)22-16-6-2-3-7-18(16)27-28-22)11-17(21(14)25)20-10-13-5-1-4-8-19(13)30-20/h1-12,24H,25H2,(H,26,29)(H,27,28). The molecular formula is C23H17N5OS. The highest BCUT2D eigenvalue weighted by molar-refractivity contribution is 7.22. The quantitative estimate of drug-likeness (QED) is 0.239. The minimum absolute atomic E-state index is 0.322. The second-order valence-electron chi connectivity index (χ2n) is 6.89. The van der Waals surface area contributed by atoms with Crippen LogP contribution in [0.25, 0.3) is 31.4 Å². The molecule has 3 aromatic carbocycles. The van der Waals surface area contributed by atoms with Crippen LogP contribution in [-0.4, -0.2) is 22.3 Å². The molecule has 0 radical (unpaired) electrons. The molecule has 5 aromatic rings. The molecule has 0 spiro atoms. The minimum Gasteiger partial charge on any atom is -0.398 e. The molecule has 6 nitrogen and oxygen atoms in total. The zero-order chi connectivity index (χ0) is 20.7. The van der Waals surface area contributed by atoms with E-state index in [1.807, 2.05) is 42.5 Å². The minimum atomic E-state index is -0.324. The van der Waals surface area contributed by atoms with E-state index in [-0.39, 0.29) is 5.91 Å². The van der Waals surface area contributed by atoms with Crippen molar-refractivity contribution in [2.45, 2.75) is 0 Å². The van der Waals surface area contributed by atoms with E-state index in [9.17, 15) is 4.79 Å². The summed E-state index contributed by atoms with van der Waals surface area (Å²) >= 11 is 1.63. The van der Waals surface area contributed by atoms with Crippen LogP contribution in [0, 0.1) is 5.41 Å². The molecular weight excluding hydrogens is 394 g/mol. The van der Waals surface area contributed by atoms with Crippen molar-refractivity contribution < 1.29 is 4.79 Å². The summed E-state index contributed by atoms with van der Waals surface area (Å²) in [4.78, 5) is 13.9. The summed E-state index contributed by atoms with van der Waals surface area (Å²) in [5, 5.41) is 19.6. The number of carbonyl (C=O) groups excluding carboxylic acids is 1. The molecule has 0 fully saturated rings. The monoisotopic (exact) mass is 411 g/mol. The SMILES string of the molecule is N=Cc1cc(NC(=O)c2n[nH]c3ccccc23)cc(-c2cc3ccccc3s2)c1N. The molecule has 1 amide bonds. The predicted molar refractivity (Wildman–Crippen MR) is 124 cm³/mol. The van der Waals surface area contributed by atoms with Gasteiger partial charge in [-0.2, -0.15) is 5.10 Å². The highest BCUT2D eigenvalue weighted by Gasteiger charge is 2.17. The number of thiophene rings is 1. The van der Waals surface area contributed by atoms with Gasteiger partial charge in [0.2, 0.25) is 0 Å². The molecule has 30 heavy (non-hydrogen) atoms. The van der Waals surface area contributed by atoms with Gasteiger partial charge in [-0.1, -0.05) is 36.4 Å². The third kappa shape index (κ3) is 3.01. The molecule has 0 bridgehead atoms. The molecule has 0 aliphatic rings. The Balaban J connectivity index is 1.56. The van der Waals surface area contributed by atoms with Gasteiger partial charge in [-0.3, -0.25) is 9.89 Å². The van der Waals surface area contributed by atoms with E-state index in [1.54, 1.807) is 17.4 Å². The number of rotatable bonds is 4. The molecule has 5 rings (SSSR count). The largest absolute Gasteiger partial charge is 0.398 e. The van der Waals surface area contributed by atoms with Crippen LogP contribution in [0.4, 0.5) is 11.4 Å². The number of nitrogens with two attached hydrogens (primary N) is 1. The Hall–Kier alpha value is -3.97. The number of nitrogen functional groups attached to an aromatic ring is 1. The maximum atomic E-state index is 12.9. The average molecular weight is 411 g/mol. The van der Waals surface area contributed by atoms with Gasteiger partial charge in [0.25, 0.3) is 5.91 Å². The van der Waals surface area contributed by atoms with E-state index in [4.69, 9.17) is 11.1 Å². The Kier molecular flexibility index (Phi) is 4.30. The van der Waals surface area contributed by atoms with Gasteiger partial charge >= 0.3 is 0 Å². The first kappa shape index (κ1) is 18.1. The van der Waals surface area contributed by atoms with Gasteiger partial charge in [-0.15, -0.1) is 11.3 Å². The van der Waals surface area contributed by atoms with E-state index in [2.05, 4.69) is 33.7 Å². The lowest BCUT2D eigenvalue weighted by Gasteiger charge is -2.11. The molecule has 146 valence electrons.